The third-order valence-electron chi connectivity index (χ3n) is 3.07. The first kappa shape index (κ1) is 16.2. The van der Waals surface area contributed by atoms with Crippen LogP contribution in [0.2, 0.25) is 0 Å². The maximum absolute atomic E-state index is 12.3. The van der Waals surface area contributed by atoms with Gasteiger partial charge in [0, 0.05) is 11.5 Å². The molecule has 0 radical (unpaired) electrons. The van der Waals surface area contributed by atoms with Gasteiger partial charge in [0.2, 0.25) is 10.0 Å². The van der Waals surface area contributed by atoms with Crippen LogP contribution in [0.15, 0.2) is 44.4 Å². The Morgan fingerprint density at radius 1 is 1.32 bits per heavy atom. The fourth-order valence-electron chi connectivity index (χ4n) is 1.99. The Morgan fingerprint density at radius 2 is 2.05 bits per heavy atom. The molecular formula is C14H15NO6S. The molecule has 2 aromatic rings. The lowest BCUT2D eigenvalue weighted by Crippen LogP contribution is -2.40. The van der Waals surface area contributed by atoms with Crippen molar-refractivity contribution in [2.75, 3.05) is 0 Å². The minimum Gasteiger partial charge on any atom is -0.480 e. The van der Waals surface area contributed by atoms with Gasteiger partial charge in [0.25, 0.3) is 0 Å². The van der Waals surface area contributed by atoms with E-state index in [4.69, 9.17) is 9.52 Å². The third-order valence-corrected chi connectivity index (χ3v) is 4.54. The van der Waals surface area contributed by atoms with Crippen LogP contribution in [0.3, 0.4) is 0 Å². The van der Waals surface area contributed by atoms with Crippen molar-refractivity contribution < 1.29 is 22.7 Å². The van der Waals surface area contributed by atoms with E-state index in [-0.39, 0.29) is 16.9 Å². The van der Waals surface area contributed by atoms with Crippen LogP contribution in [0.4, 0.5) is 0 Å². The number of carboxylic acids is 1. The van der Waals surface area contributed by atoms with E-state index in [1.165, 1.54) is 30.3 Å². The highest BCUT2D eigenvalue weighted by molar-refractivity contribution is 7.89. The molecule has 0 aliphatic heterocycles. The maximum atomic E-state index is 12.3. The largest absolute Gasteiger partial charge is 0.480 e. The number of carboxylic acid groups (broad SMARTS) is 1. The predicted octanol–water partition coefficient (Wildman–Crippen LogP) is 1.32. The lowest BCUT2D eigenvalue weighted by molar-refractivity contribution is -0.139. The van der Waals surface area contributed by atoms with Gasteiger partial charge in [-0.15, -0.1) is 0 Å². The van der Waals surface area contributed by atoms with Gasteiger partial charge in [-0.25, -0.2) is 13.2 Å². The van der Waals surface area contributed by atoms with Crippen LogP contribution in [0, 0.1) is 0 Å². The molecule has 1 atom stereocenters. The van der Waals surface area contributed by atoms with Crippen molar-refractivity contribution in [1.82, 2.24) is 4.72 Å². The smallest absolute Gasteiger partial charge is 0.336 e. The quantitative estimate of drug-likeness (QED) is 0.774. The lowest BCUT2D eigenvalue weighted by atomic mass is 10.2. The molecule has 1 heterocycles. The molecule has 2 N–H and O–H groups in total. The van der Waals surface area contributed by atoms with E-state index in [2.05, 4.69) is 4.72 Å². The van der Waals surface area contributed by atoms with Gasteiger partial charge in [-0.2, -0.15) is 4.72 Å². The molecule has 22 heavy (non-hydrogen) atoms. The number of rotatable bonds is 6. The van der Waals surface area contributed by atoms with Crippen molar-refractivity contribution in [3.63, 3.8) is 0 Å². The van der Waals surface area contributed by atoms with Gasteiger partial charge in [0.05, 0.1) is 4.90 Å². The fraction of sp³-hybridized carbons (Fsp3) is 0.286. The zero-order valence-electron chi connectivity index (χ0n) is 11.8. The summed E-state index contributed by atoms with van der Waals surface area (Å²) in [4.78, 5) is 22.1. The summed E-state index contributed by atoms with van der Waals surface area (Å²) < 4.78 is 31.6. The molecule has 1 aromatic heterocycles. The Kier molecular flexibility index (Phi) is 4.62. The van der Waals surface area contributed by atoms with Crippen molar-refractivity contribution in [2.45, 2.75) is 30.7 Å². The second-order valence-corrected chi connectivity index (χ2v) is 6.47. The van der Waals surface area contributed by atoms with Gasteiger partial charge in [-0.3, -0.25) is 4.79 Å². The molecule has 118 valence electrons. The van der Waals surface area contributed by atoms with Gasteiger partial charge in [0.15, 0.2) is 0 Å². The number of sulfonamides is 1. The number of carbonyl (C=O) groups is 1. The average Bonchev–Trinajstić information content (AvgIpc) is 2.45. The number of benzene rings is 1. The first-order chi connectivity index (χ1) is 10.3. The van der Waals surface area contributed by atoms with Crippen molar-refractivity contribution >= 4 is 27.0 Å². The second kappa shape index (κ2) is 6.29. The minimum atomic E-state index is -3.98. The highest BCUT2D eigenvalue weighted by Crippen LogP contribution is 2.18. The monoisotopic (exact) mass is 325 g/mol. The second-order valence-electron chi connectivity index (χ2n) is 4.75. The number of aliphatic carboxylic acids is 1. The number of fused-ring (bicyclic) bond motifs is 1. The van der Waals surface area contributed by atoms with Crippen LogP contribution in [0.25, 0.3) is 11.0 Å². The van der Waals surface area contributed by atoms with E-state index in [1.807, 2.05) is 0 Å². The van der Waals surface area contributed by atoms with Gasteiger partial charge in [-0.1, -0.05) is 13.3 Å². The summed E-state index contributed by atoms with van der Waals surface area (Å²) in [6.45, 7) is 1.77. The van der Waals surface area contributed by atoms with Crippen LogP contribution in [0.1, 0.15) is 19.8 Å². The summed E-state index contributed by atoms with van der Waals surface area (Å²) in [6.07, 6.45) is 0.722. The molecule has 7 nitrogen and oxygen atoms in total. The number of nitrogens with one attached hydrogen (secondary N) is 1. The molecule has 2 rings (SSSR count). The summed E-state index contributed by atoms with van der Waals surface area (Å²) in [5.41, 5.74) is -0.273. The van der Waals surface area contributed by atoms with E-state index < -0.39 is 27.7 Å². The fourth-order valence-corrected chi connectivity index (χ4v) is 3.25. The predicted molar refractivity (Wildman–Crippen MR) is 79.1 cm³/mol. The molecule has 0 saturated carbocycles. The molecule has 1 unspecified atom stereocenters. The van der Waals surface area contributed by atoms with Crippen LogP contribution in [-0.4, -0.2) is 25.5 Å². The molecule has 0 saturated heterocycles. The number of hydrogen-bond donors (Lipinski definition) is 2. The van der Waals surface area contributed by atoms with Crippen molar-refractivity contribution in [3.8, 4) is 0 Å². The minimum absolute atomic E-state index is 0.0868. The normalized spacial score (nSPS) is 13.1. The standard InChI is InChI=1S/C14H15NO6S/c1-2-3-11(14(17)18)15-22(19,20)10-5-6-12-9(8-10)4-7-13(16)21-12/h4-8,11,15H,2-3H2,1H3,(H,17,18). The van der Waals surface area contributed by atoms with E-state index >= 15 is 0 Å². The topological polar surface area (TPSA) is 114 Å². The van der Waals surface area contributed by atoms with Gasteiger partial charge in [0.1, 0.15) is 11.6 Å². The molecule has 0 aliphatic carbocycles. The van der Waals surface area contributed by atoms with Crippen LogP contribution < -0.4 is 10.3 Å². The molecule has 0 amide bonds. The molecule has 0 fully saturated rings. The van der Waals surface area contributed by atoms with Gasteiger partial charge >= 0.3 is 11.6 Å². The summed E-state index contributed by atoms with van der Waals surface area (Å²) in [5.74, 6) is -1.22. The Balaban J connectivity index is 2.38. The summed E-state index contributed by atoms with van der Waals surface area (Å²) in [6, 6.07) is 5.40. The Labute approximate surface area is 126 Å². The zero-order chi connectivity index (χ0) is 16.3. The maximum Gasteiger partial charge on any atom is 0.336 e. The Morgan fingerprint density at radius 3 is 2.68 bits per heavy atom. The first-order valence-corrected chi connectivity index (χ1v) is 8.11. The van der Waals surface area contributed by atoms with Gasteiger partial charge in [-0.05, 0) is 30.7 Å². The highest BCUT2D eigenvalue weighted by Gasteiger charge is 2.24. The Hall–Kier alpha value is -2.19. The van der Waals surface area contributed by atoms with E-state index in [9.17, 15) is 18.0 Å². The summed E-state index contributed by atoms with van der Waals surface area (Å²) >= 11 is 0. The zero-order valence-corrected chi connectivity index (χ0v) is 12.6. The van der Waals surface area contributed by atoms with E-state index in [0.717, 1.165) is 0 Å². The molecule has 0 bridgehead atoms. The molecule has 0 spiro atoms. The van der Waals surface area contributed by atoms with Gasteiger partial charge < -0.3 is 9.52 Å². The molecular weight excluding hydrogens is 310 g/mol. The van der Waals surface area contributed by atoms with Crippen LogP contribution >= 0.6 is 0 Å². The summed E-state index contributed by atoms with van der Waals surface area (Å²) in [5, 5.41) is 9.48. The highest BCUT2D eigenvalue weighted by atomic mass is 32.2. The molecule has 8 heteroatoms. The molecule has 0 aliphatic rings. The van der Waals surface area contributed by atoms with Crippen molar-refractivity contribution in [3.05, 3.63) is 40.8 Å². The van der Waals surface area contributed by atoms with Crippen molar-refractivity contribution in [1.29, 1.82) is 0 Å². The summed E-state index contributed by atoms with van der Waals surface area (Å²) in [7, 11) is -3.98. The van der Waals surface area contributed by atoms with E-state index in [1.54, 1.807) is 6.92 Å². The average molecular weight is 325 g/mol. The Bertz CT molecular complexity index is 855. The SMILES string of the molecule is CCCC(NS(=O)(=O)c1ccc2oc(=O)ccc2c1)C(=O)O. The lowest BCUT2D eigenvalue weighted by Gasteiger charge is -2.14. The van der Waals surface area contributed by atoms with Crippen LogP contribution in [-0.2, 0) is 14.8 Å². The van der Waals surface area contributed by atoms with E-state index in [0.29, 0.717) is 11.8 Å². The first-order valence-electron chi connectivity index (χ1n) is 6.62. The molecule has 1 aromatic carbocycles. The van der Waals surface area contributed by atoms with Crippen molar-refractivity contribution in [2.24, 2.45) is 0 Å². The number of hydrogen-bond acceptors (Lipinski definition) is 5. The van der Waals surface area contributed by atoms with Crippen LogP contribution in [0.5, 0.6) is 0 Å². The third kappa shape index (κ3) is 3.52.